The normalized spacial score (nSPS) is 11.7. The second-order valence-electron chi connectivity index (χ2n) is 4.23. The monoisotopic (exact) mass is 321 g/mol. The number of rotatable bonds is 4. The third kappa shape index (κ3) is 4.30. The number of hydrogen-bond acceptors (Lipinski definition) is 5. The van der Waals surface area contributed by atoms with Gasteiger partial charge < -0.3 is 5.32 Å². The highest BCUT2D eigenvalue weighted by molar-refractivity contribution is 8.01. The topological polar surface area (TPSA) is 71.1 Å². The van der Waals surface area contributed by atoms with E-state index in [2.05, 4.69) is 15.6 Å². The summed E-state index contributed by atoms with van der Waals surface area (Å²) in [6.45, 7) is 1.91. The van der Waals surface area contributed by atoms with E-state index in [1.54, 1.807) is 0 Å². The Hall–Kier alpha value is -1.86. The van der Waals surface area contributed by atoms with Crippen molar-refractivity contribution in [3.8, 4) is 0 Å². The Kier molecular flexibility index (Phi) is 5.35. The molecule has 0 aliphatic carbocycles. The Morgan fingerprint density at radius 3 is 2.57 bits per heavy atom. The van der Waals surface area contributed by atoms with E-state index < -0.39 is 11.3 Å². The van der Waals surface area contributed by atoms with Crippen LogP contribution < -0.4 is 10.6 Å². The summed E-state index contributed by atoms with van der Waals surface area (Å²) < 4.78 is 0.799. The summed E-state index contributed by atoms with van der Waals surface area (Å²) in [4.78, 5) is 28.0. The molecular formula is C14H15N3O2S2. The molecule has 0 aliphatic heterocycles. The fourth-order valence-corrected chi connectivity index (χ4v) is 3.66. The third-order valence-corrected chi connectivity index (χ3v) is 4.96. The lowest BCUT2D eigenvalue weighted by Crippen LogP contribution is -2.39. The Bertz CT molecular complexity index is 628. The van der Waals surface area contributed by atoms with Crippen LogP contribution in [-0.4, -0.2) is 24.0 Å². The second kappa shape index (κ2) is 7.24. The van der Waals surface area contributed by atoms with Gasteiger partial charge in [-0.2, -0.15) is 0 Å². The number of aromatic nitrogens is 1. The van der Waals surface area contributed by atoms with Crippen LogP contribution in [0.15, 0.2) is 40.1 Å². The van der Waals surface area contributed by atoms with Crippen LogP contribution in [0, 0.1) is 6.92 Å². The maximum atomic E-state index is 12.3. The summed E-state index contributed by atoms with van der Waals surface area (Å²) in [5.41, 5.74) is 1.75. The lowest BCUT2D eigenvalue weighted by molar-refractivity contribution is -0.119. The first kappa shape index (κ1) is 15.5. The zero-order valence-electron chi connectivity index (χ0n) is 11.6. The van der Waals surface area contributed by atoms with Gasteiger partial charge in [0, 0.05) is 18.1 Å². The number of nitrogens with one attached hydrogen (secondary N) is 2. The minimum absolute atomic E-state index is 0.363. The fourth-order valence-electron chi connectivity index (χ4n) is 1.63. The highest BCUT2D eigenvalue weighted by Gasteiger charge is 2.24. The number of amides is 3. The molecule has 0 unspecified atom stereocenters. The van der Waals surface area contributed by atoms with E-state index in [4.69, 9.17) is 0 Å². The molecule has 7 heteroatoms. The summed E-state index contributed by atoms with van der Waals surface area (Å²) in [5, 5.41) is 6.11. The van der Waals surface area contributed by atoms with E-state index in [0.29, 0.717) is 0 Å². The molecule has 5 nitrogen and oxygen atoms in total. The van der Waals surface area contributed by atoms with Gasteiger partial charge >= 0.3 is 6.03 Å². The summed E-state index contributed by atoms with van der Waals surface area (Å²) in [6, 6.07) is 8.82. The van der Waals surface area contributed by atoms with Crippen molar-refractivity contribution in [1.29, 1.82) is 0 Å². The molecule has 0 spiro atoms. The molecule has 3 amide bonds. The number of nitrogens with zero attached hydrogens (tertiary/aromatic N) is 1. The molecule has 21 heavy (non-hydrogen) atoms. The Balaban J connectivity index is 2.22. The van der Waals surface area contributed by atoms with Gasteiger partial charge in [-0.25, -0.2) is 9.78 Å². The van der Waals surface area contributed by atoms with Crippen LogP contribution in [0.4, 0.5) is 4.79 Å². The van der Waals surface area contributed by atoms with Crippen molar-refractivity contribution >= 4 is 35.0 Å². The number of carbonyl (C=O) groups is 2. The van der Waals surface area contributed by atoms with Crippen LogP contribution in [0.2, 0.25) is 0 Å². The van der Waals surface area contributed by atoms with Gasteiger partial charge in [0.1, 0.15) is 5.25 Å². The van der Waals surface area contributed by atoms with Crippen molar-refractivity contribution in [2.75, 3.05) is 7.05 Å². The van der Waals surface area contributed by atoms with Crippen molar-refractivity contribution in [1.82, 2.24) is 15.6 Å². The van der Waals surface area contributed by atoms with Crippen LogP contribution in [0.25, 0.3) is 0 Å². The molecule has 1 aromatic heterocycles. The predicted molar refractivity (Wildman–Crippen MR) is 84.5 cm³/mol. The van der Waals surface area contributed by atoms with E-state index in [9.17, 15) is 9.59 Å². The standard InChI is InChI=1S/C14H15N3O2S2/c1-9-8-20-14(16-9)21-11(10-6-4-3-5-7-10)12(18)17-13(19)15-2/h3-8,11H,1-2H3,(H2,15,17,18,19)/t11-/m0/s1. The number of thioether (sulfide) groups is 1. The van der Waals surface area contributed by atoms with Crippen LogP contribution >= 0.6 is 23.1 Å². The number of carbonyl (C=O) groups excluding carboxylic acids is 2. The smallest absolute Gasteiger partial charge is 0.321 e. The van der Waals surface area contributed by atoms with E-state index in [-0.39, 0.29) is 5.91 Å². The minimum Gasteiger partial charge on any atom is -0.341 e. The number of imide groups is 1. The summed E-state index contributed by atoms with van der Waals surface area (Å²) in [5.74, 6) is -0.363. The largest absolute Gasteiger partial charge is 0.341 e. The van der Waals surface area contributed by atoms with Gasteiger partial charge in [-0.15, -0.1) is 11.3 Å². The van der Waals surface area contributed by atoms with Gasteiger partial charge in [0.2, 0.25) is 5.91 Å². The molecule has 1 aromatic carbocycles. The molecule has 0 bridgehead atoms. The lowest BCUT2D eigenvalue weighted by atomic mass is 10.1. The van der Waals surface area contributed by atoms with Crippen LogP contribution in [0.3, 0.4) is 0 Å². The molecule has 0 saturated carbocycles. The first-order valence-corrected chi connectivity index (χ1v) is 8.02. The number of aryl methyl sites for hydroxylation is 1. The molecule has 2 rings (SSSR count). The SMILES string of the molecule is CNC(=O)NC(=O)[C@@H](Sc1nc(C)cs1)c1ccccc1. The Morgan fingerprint density at radius 2 is 2.00 bits per heavy atom. The number of hydrogen-bond donors (Lipinski definition) is 2. The van der Waals surface area contributed by atoms with E-state index in [1.807, 2.05) is 42.6 Å². The molecule has 1 heterocycles. The molecular weight excluding hydrogens is 306 g/mol. The molecule has 110 valence electrons. The molecule has 2 N–H and O–H groups in total. The fraction of sp³-hybridized carbons (Fsp3) is 0.214. The summed E-state index contributed by atoms with van der Waals surface area (Å²) >= 11 is 2.82. The van der Waals surface area contributed by atoms with Crippen molar-refractivity contribution in [2.45, 2.75) is 16.5 Å². The number of thiazole rings is 1. The molecule has 2 aromatic rings. The maximum absolute atomic E-state index is 12.3. The minimum atomic E-state index is -0.519. The van der Waals surface area contributed by atoms with E-state index in [0.717, 1.165) is 15.6 Å². The number of benzene rings is 1. The lowest BCUT2D eigenvalue weighted by Gasteiger charge is -2.14. The van der Waals surface area contributed by atoms with Crippen molar-refractivity contribution in [3.05, 3.63) is 47.0 Å². The first-order valence-electron chi connectivity index (χ1n) is 6.26. The second-order valence-corrected chi connectivity index (χ2v) is 6.44. The molecule has 0 fully saturated rings. The predicted octanol–water partition coefficient (Wildman–Crippen LogP) is 2.74. The van der Waals surface area contributed by atoms with Crippen LogP contribution in [0.1, 0.15) is 16.5 Å². The van der Waals surface area contributed by atoms with Crippen molar-refractivity contribution < 1.29 is 9.59 Å². The van der Waals surface area contributed by atoms with E-state index >= 15 is 0 Å². The summed E-state index contributed by atoms with van der Waals surface area (Å²) in [7, 11) is 1.47. The van der Waals surface area contributed by atoms with Crippen molar-refractivity contribution in [3.63, 3.8) is 0 Å². The van der Waals surface area contributed by atoms with Gasteiger partial charge in [0.05, 0.1) is 0 Å². The van der Waals surface area contributed by atoms with Gasteiger partial charge in [0.25, 0.3) is 0 Å². The third-order valence-electron chi connectivity index (χ3n) is 2.62. The van der Waals surface area contributed by atoms with Gasteiger partial charge in [-0.05, 0) is 12.5 Å². The molecule has 0 radical (unpaired) electrons. The Morgan fingerprint density at radius 1 is 1.29 bits per heavy atom. The first-order chi connectivity index (χ1) is 10.1. The van der Waals surface area contributed by atoms with Crippen LogP contribution in [-0.2, 0) is 4.79 Å². The summed E-state index contributed by atoms with van der Waals surface area (Å²) in [6.07, 6.45) is 0. The maximum Gasteiger partial charge on any atom is 0.321 e. The quantitative estimate of drug-likeness (QED) is 0.850. The zero-order chi connectivity index (χ0) is 15.2. The molecule has 0 aliphatic rings. The van der Waals surface area contributed by atoms with E-state index in [1.165, 1.54) is 30.1 Å². The molecule has 1 atom stereocenters. The van der Waals surface area contributed by atoms with Crippen molar-refractivity contribution in [2.24, 2.45) is 0 Å². The van der Waals surface area contributed by atoms with Gasteiger partial charge in [-0.3, -0.25) is 10.1 Å². The molecule has 0 saturated heterocycles. The van der Waals surface area contributed by atoms with Gasteiger partial charge in [-0.1, -0.05) is 42.1 Å². The average molecular weight is 321 g/mol. The highest BCUT2D eigenvalue weighted by Crippen LogP contribution is 2.36. The highest BCUT2D eigenvalue weighted by atomic mass is 32.2. The van der Waals surface area contributed by atoms with Crippen LogP contribution in [0.5, 0.6) is 0 Å². The Labute approximate surface area is 131 Å². The van der Waals surface area contributed by atoms with Gasteiger partial charge in [0.15, 0.2) is 4.34 Å². The zero-order valence-corrected chi connectivity index (χ0v) is 13.3. The average Bonchev–Trinajstić information content (AvgIpc) is 2.90. The number of urea groups is 1.